The van der Waals surface area contributed by atoms with E-state index in [2.05, 4.69) is 18.7 Å². The minimum absolute atomic E-state index is 1.18. The minimum Gasteiger partial charge on any atom is -0.151 e. The number of hydrogen-bond acceptors (Lipinski definition) is 1. The second-order valence-corrected chi connectivity index (χ2v) is 1.60. The quantitative estimate of drug-likeness (QED) is 0.475. The first-order valence-corrected chi connectivity index (χ1v) is 2.45. The molecule has 0 aromatic heterocycles. The smallest absolute Gasteiger partial charge is 0.00944 e. The lowest BCUT2D eigenvalue weighted by molar-refractivity contribution is 1.60. The summed E-state index contributed by atoms with van der Waals surface area (Å²) in [5, 5.41) is 1.76. The molecule has 0 radical (unpaired) electrons. The maximum atomic E-state index is 3.88. The van der Waals surface area contributed by atoms with Gasteiger partial charge in [-0.15, -0.1) is 0 Å². The highest BCUT2D eigenvalue weighted by Gasteiger charge is 1.98. The van der Waals surface area contributed by atoms with E-state index in [0.29, 0.717) is 0 Å². The van der Waals surface area contributed by atoms with Crippen molar-refractivity contribution >= 4 is 12.6 Å². The zero-order valence-electron chi connectivity index (χ0n) is 3.39. The van der Waals surface area contributed by atoms with Crippen molar-refractivity contribution in [2.24, 2.45) is 0 Å². The van der Waals surface area contributed by atoms with Crippen molar-refractivity contribution in [1.82, 2.24) is 0 Å². The summed E-state index contributed by atoms with van der Waals surface area (Å²) in [6.45, 7) is 0. The predicted molar refractivity (Wildman–Crippen MR) is 30.8 cm³/mol. The summed E-state index contributed by atoms with van der Waals surface area (Å²) in [4.78, 5) is 0. The van der Waals surface area contributed by atoms with Gasteiger partial charge in [-0.05, 0) is 17.4 Å². The minimum atomic E-state index is 1.18. The molecule has 0 aromatic carbocycles. The Kier molecular flexibility index (Phi) is 1.01. The van der Waals surface area contributed by atoms with Crippen molar-refractivity contribution < 1.29 is 0 Å². The van der Waals surface area contributed by atoms with Crippen LogP contribution in [-0.4, -0.2) is 0 Å². The second kappa shape index (κ2) is 1.52. The molecule has 0 aliphatic heterocycles. The Labute approximate surface area is 43.0 Å². The third-order valence-electron chi connectivity index (χ3n) is 0.728. The first kappa shape index (κ1) is 4.00. The summed E-state index contributed by atoms with van der Waals surface area (Å²) in [6.07, 6.45) is 5.34. The van der Waals surface area contributed by atoms with Gasteiger partial charge in [0.25, 0.3) is 0 Å². The van der Waals surface area contributed by atoms with Gasteiger partial charge in [0.15, 0.2) is 0 Å². The van der Waals surface area contributed by atoms with Gasteiger partial charge >= 0.3 is 0 Å². The monoisotopic (exact) mass is 98.0 g/mol. The molecule has 0 atom stereocenters. The van der Waals surface area contributed by atoms with Crippen molar-refractivity contribution in [3.8, 4) is 0 Å². The molecule has 0 heterocycles. The average Bonchev–Trinajstić information content (AvgIpc) is 2.21. The van der Waals surface area contributed by atoms with Crippen LogP contribution in [-0.2, 0) is 0 Å². The van der Waals surface area contributed by atoms with E-state index in [0.717, 1.165) is 0 Å². The van der Waals surface area contributed by atoms with Gasteiger partial charge in [-0.2, -0.15) is 12.6 Å². The Bertz CT molecular complexity index is 101. The molecule has 6 heavy (non-hydrogen) atoms. The SMILES string of the molecule is S/C=C/C1=CC1. The molecule has 1 aliphatic rings. The zero-order valence-corrected chi connectivity index (χ0v) is 4.28. The van der Waals surface area contributed by atoms with E-state index >= 15 is 0 Å². The molecular formula is C5H6S. The predicted octanol–water partition coefficient (Wildman–Crippen LogP) is 1.76. The molecule has 0 unspecified atom stereocenters. The van der Waals surface area contributed by atoms with Gasteiger partial charge < -0.3 is 0 Å². The maximum Gasteiger partial charge on any atom is -0.00944 e. The molecule has 0 spiro atoms. The van der Waals surface area contributed by atoms with E-state index in [-0.39, 0.29) is 0 Å². The number of thiol groups is 1. The molecular weight excluding hydrogens is 92.1 g/mol. The third-order valence-corrected chi connectivity index (χ3v) is 0.878. The van der Waals surface area contributed by atoms with Crippen molar-refractivity contribution in [3.05, 3.63) is 23.1 Å². The number of hydrogen-bond donors (Lipinski definition) is 1. The van der Waals surface area contributed by atoms with E-state index in [1.807, 2.05) is 6.08 Å². The summed E-state index contributed by atoms with van der Waals surface area (Å²) < 4.78 is 0. The van der Waals surface area contributed by atoms with Gasteiger partial charge in [-0.25, -0.2) is 0 Å². The van der Waals surface area contributed by atoms with Crippen LogP contribution in [0.15, 0.2) is 23.1 Å². The van der Waals surface area contributed by atoms with Crippen LogP contribution in [0.4, 0.5) is 0 Å². The van der Waals surface area contributed by atoms with Crippen molar-refractivity contribution in [1.29, 1.82) is 0 Å². The number of rotatable bonds is 1. The van der Waals surface area contributed by atoms with Crippen LogP contribution < -0.4 is 0 Å². The zero-order chi connectivity index (χ0) is 4.41. The molecule has 0 saturated carbocycles. The van der Waals surface area contributed by atoms with Gasteiger partial charge in [0.1, 0.15) is 0 Å². The Morgan fingerprint density at radius 2 is 2.50 bits per heavy atom. The first-order chi connectivity index (χ1) is 2.93. The van der Waals surface area contributed by atoms with E-state index in [1.165, 1.54) is 12.0 Å². The largest absolute Gasteiger partial charge is 0.151 e. The Hall–Kier alpha value is -0.170. The molecule has 1 heteroatoms. The van der Waals surface area contributed by atoms with Crippen LogP contribution in [0.25, 0.3) is 0 Å². The van der Waals surface area contributed by atoms with E-state index in [9.17, 15) is 0 Å². The first-order valence-electron chi connectivity index (χ1n) is 1.93. The molecule has 0 N–H and O–H groups in total. The lowest BCUT2D eigenvalue weighted by atomic mass is 10.5. The molecule has 0 fully saturated rings. The number of allylic oxidation sites excluding steroid dienone is 3. The fraction of sp³-hybridized carbons (Fsp3) is 0.200. The lowest BCUT2D eigenvalue weighted by Gasteiger charge is -1.63. The van der Waals surface area contributed by atoms with Crippen LogP contribution in [0.1, 0.15) is 6.42 Å². The third kappa shape index (κ3) is 0.902. The summed E-state index contributed by atoms with van der Waals surface area (Å²) in [7, 11) is 0. The van der Waals surface area contributed by atoms with E-state index in [4.69, 9.17) is 0 Å². The van der Waals surface area contributed by atoms with Crippen LogP contribution in [0.2, 0.25) is 0 Å². The Morgan fingerprint density at radius 1 is 1.83 bits per heavy atom. The molecule has 0 amide bonds. The van der Waals surface area contributed by atoms with Gasteiger partial charge in [0, 0.05) is 0 Å². The molecule has 0 bridgehead atoms. The molecule has 32 valence electrons. The molecule has 0 aromatic rings. The maximum absolute atomic E-state index is 3.88. The van der Waals surface area contributed by atoms with Crippen LogP contribution in [0, 0.1) is 0 Å². The van der Waals surface area contributed by atoms with Crippen molar-refractivity contribution in [2.45, 2.75) is 6.42 Å². The van der Waals surface area contributed by atoms with E-state index in [1.54, 1.807) is 5.41 Å². The molecule has 0 saturated heterocycles. The van der Waals surface area contributed by atoms with Gasteiger partial charge in [0.2, 0.25) is 0 Å². The van der Waals surface area contributed by atoms with Gasteiger partial charge in [-0.1, -0.05) is 12.2 Å². The van der Waals surface area contributed by atoms with Gasteiger partial charge in [-0.3, -0.25) is 0 Å². The highest BCUT2D eigenvalue weighted by atomic mass is 32.1. The summed E-state index contributed by atoms with van der Waals surface area (Å²) in [6, 6.07) is 0. The van der Waals surface area contributed by atoms with Crippen LogP contribution in [0.3, 0.4) is 0 Å². The Morgan fingerprint density at radius 3 is 2.67 bits per heavy atom. The van der Waals surface area contributed by atoms with Crippen LogP contribution >= 0.6 is 12.6 Å². The Balaban J connectivity index is 2.34. The molecule has 1 rings (SSSR count). The summed E-state index contributed by atoms with van der Waals surface area (Å²) >= 11 is 3.88. The van der Waals surface area contributed by atoms with Crippen molar-refractivity contribution in [2.75, 3.05) is 0 Å². The normalized spacial score (nSPS) is 18.5. The highest BCUT2D eigenvalue weighted by molar-refractivity contribution is 7.83. The fourth-order valence-corrected chi connectivity index (χ4v) is 0.482. The molecule has 0 nitrogen and oxygen atoms in total. The molecule has 1 aliphatic carbocycles. The average molecular weight is 98.2 g/mol. The van der Waals surface area contributed by atoms with Gasteiger partial charge in [0.05, 0.1) is 0 Å². The summed E-state index contributed by atoms with van der Waals surface area (Å²) in [5.74, 6) is 0. The fourth-order valence-electron chi connectivity index (χ4n) is 0.291. The lowest BCUT2D eigenvalue weighted by Crippen LogP contribution is -1.41. The van der Waals surface area contributed by atoms with Crippen molar-refractivity contribution in [3.63, 3.8) is 0 Å². The summed E-state index contributed by atoms with van der Waals surface area (Å²) in [5.41, 5.74) is 1.41. The van der Waals surface area contributed by atoms with Crippen LogP contribution in [0.5, 0.6) is 0 Å². The topological polar surface area (TPSA) is 0 Å². The standard InChI is InChI=1S/C5H6S/c6-4-3-5-1-2-5/h1,3-4,6H,2H2/b4-3+. The highest BCUT2D eigenvalue weighted by Crippen LogP contribution is 2.18. The second-order valence-electron chi connectivity index (χ2n) is 1.30. The van der Waals surface area contributed by atoms with E-state index < -0.39 is 0 Å².